The summed E-state index contributed by atoms with van der Waals surface area (Å²) in [7, 11) is 0. The summed E-state index contributed by atoms with van der Waals surface area (Å²) < 4.78 is 14.1. The number of ether oxygens (including phenoxy) is 2. The van der Waals surface area contributed by atoms with Gasteiger partial charge in [-0.1, -0.05) is 147 Å². The molecule has 5 nitrogen and oxygen atoms in total. The molecule has 9 rings (SSSR count). The van der Waals surface area contributed by atoms with E-state index in [1.807, 2.05) is 12.3 Å². The van der Waals surface area contributed by atoms with Gasteiger partial charge in [0.1, 0.15) is 22.9 Å². The molecule has 3 heterocycles. The Morgan fingerprint density at radius 2 is 1.46 bits per heavy atom. The molecule has 3 aliphatic rings. The second-order valence-corrected chi connectivity index (χ2v) is 20.6. The van der Waals surface area contributed by atoms with Crippen LogP contribution in [0.2, 0.25) is 0 Å². The molecule has 0 bridgehead atoms. The molecule has 5 aromatic carbocycles. The fourth-order valence-corrected chi connectivity index (χ4v) is 10.2. The summed E-state index contributed by atoms with van der Waals surface area (Å²) in [5, 5.41) is 0. The van der Waals surface area contributed by atoms with Gasteiger partial charge in [0.05, 0.1) is 0 Å². The summed E-state index contributed by atoms with van der Waals surface area (Å²) >= 11 is 0. The van der Waals surface area contributed by atoms with Crippen LogP contribution in [-0.2, 0) is 48.6 Å². The third-order valence-corrected chi connectivity index (χ3v) is 14.2. The van der Waals surface area contributed by atoms with Crippen molar-refractivity contribution < 1.29 is 30.5 Å². The summed E-state index contributed by atoms with van der Waals surface area (Å²) in [6.45, 7) is 31.5. The van der Waals surface area contributed by atoms with Crippen LogP contribution in [0.15, 0.2) is 96.1 Å². The van der Waals surface area contributed by atoms with E-state index in [9.17, 15) is 0 Å². The molecule has 0 radical (unpaired) electrons. The van der Waals surface area contributed by atoms with Gasteiger partial charge in [-0.2, -0.15) is 5.56 Å². The Labute approximate surface area is 390 Å². The topological polar surface area (TPSA) is 47.0 Å². The average Bonchev–Trinajstić information content (AvgIpc) is 3.60. The van der Waals surface area contributed by atoms with Gasteiger partial charge < -0.3 is 14.4 Å². The van der Waals surface area contributed by atoms with E-state index in [4.69, 9.17) is 19.5 Å². The first-order valence-electron chi connectivity index (χ1n) is 22.4. The van der Waals surface area contributed by atoms with Crippen LogP contribution < -0.4 is 9.64 Å². The summed E-state index contributed by atoms with van der Waals surface area (Å²) in [6, 6.07) is 38.3. The van der Waals surface area contributed by atoms with E-state index in [0.29, 0.717) is 29.2 Å². The van der Waals surface area contributed by atoms with Gasteiger partial charge in [0.25, 0.3) is 0 Å². The van der Waals surface area contributed by atoms with Crippen molar-refractivity contribution in [3.63, 3.8) is 0 Å². The number of rotatable bonds is 7. The molecule has 0 N–H and O–H groups in total. The Hall–Kier alpha value is -4.99. The van der Waals surface area contributed by atoms with E-state index in [1.54, 1.807) is 0 Å². The average molecular weight is 1020 g/mol. The SMILES string of the molecule is Cc1cc(Oc2[c-]c(C3=N[C@]4(C)c5ccc(C)c(C)c5C[C@]4(C)O3)cc(-c3c(C(C)C)cccc3C(C)C)c2)[c-]c(N2c3ccc(C(C)(C)C)cc3C(C)(C)c3cccnc32)c1.[Pt+2]. The maximum atomic E-state index is 7.06. The summed E-state index contributed by atoms with van der Waals surface area (Å²) in [4.78, 5) is 12.8. The third-order valence-electron chi connectivity index (χ3n) is 14.2. The van der Waals surface area contributed by atoms with Gasteiger partial charge in [0.2, 0.25) is 0 Å². The van der Waals surface area contributed by atoms with E-state index in [2.05, 4.69) is 193 Å². The van der Waals surface area contributed by atoms with E-state index in [1.165, 1.54) is 55.6 Å². The second-order valence-electron chi connectivity index (χ2n) is 20.6. The summed E-state index contributed by atoms with van der Waals surface area (Å²) in [5.74, 6) is 3.29. The van der Waals surface area contributed by atoms with Crippen molar-refractivity contribution in [1.29, 1.82) is 0 Å². The number of pyridine rings is 1. The first-order chi connectivity index (χ1) is 29.2. The Balaban J connectivity index is 0.00000544. The molecule has 1 aliphatic carbocycles. The van der Waals surface area contributed by atoms with Crippen LogP contribution in [0.25, 0.3) is 11.1 Å². The Kier molecular flexibility index (Phi) is 11.1. The number of nitrogens with zero attached hydrogens (tertiary/aromatic N) is 3. The van der Waals surface area contributed by atoms with E-state index < -0.39 is 11.1 Å². The van der Waals surface area contributed by atoms with Crippen molar-refractivity contribution in [2.45, 2.75) is 137 Å². The van der Waals surface area contributed by atoms with Crippen LogP contribution in [-0.4, -0.2) is 16.5 Å². The van der Waals surface area contributed by atoms with Gasteiger partial charge >= 0.3 is 21.1 Å². The van der Waals surface area contributed by atoms with Crippen LogP contribution in [0.4, 0.5) is 17.2 Å². The maximum absolute atomic E-state index is 7.06. The van der Waals surface area contributed by atoms with Crippen LogP contribution in [0.3, 0.4) is 0 Å². The number of aryl methyl sites for hydroxylation is 2. The maximum Gasteiger partial charge on any atom is 2.00 e. The zero-order chi connectivity index (χ0) is 44.3. The van der Waals surface area contributed by atoms with Gasteiger partial charge in [0.15, 0.2) is 0 Å². The molecular weight excluding hydrogens is 954 g/mol. The van der Waals surface area contributed by atoms with Crippen LogP contribution in [0, 0.1) is 32.9 Å². The number of aromatic nitrogens is 1. The largest absolute Gasteiger partial charge is 2.00 e. The monoisotopic (exact) mass is 1010 g/mol. The minimum Gasteiger partial charge on any atom is -0.511 e. The van der Waals surface area contributed by atoms with Crippen molar-refractivity contribution in [2.24, 2.45) is 4.99 Å². The molecule has 0 spiro atoms. The molecule has 0 saturated carbocycles. The molecule has 1 aromatic heterocycles. The van der Waals surface area contributed by atoms with E-state index >= 15 is 0 Å². The molecule has 6 heteroatoms. The van der Waals surface area contributed by atoms with E-state index in [0.717, 1.165) is 40.3 Å². The van der Waals surface area contributed by atoms with Crippen molar-refractivity contribution in [1.82, 2.24) is 4.98 Å². The fraction of sp³-hybridized carbons (Fsp3) is 0.368. The molecule has 63 heavy (non-hydrogen) atoms. The molecule has 0 fully saturated rings. The van der Waals surface area contributed by atoms with Crippen molar-refractivity contribution >= 4 is 23.1 Å². The Morgan fingerprint density at radius 1 is 0.762 bits per heavy atom. The van der Waals surface area contributed by atoms with Gasteiger partial charge in [-0.15, -0.1) is 24.3 Å². The first kappa shape index (κ1) is 44.6. The van der Waals surface area contributed by atoms with Gasteiger partial charge in [-0.25, -0.2) is 4.98 Å². The molecule has 6 aromatic rings. The van der Waals surface area contributed by atoms with Crippen LogP contribution >= 0.6 is 0 Å². The summed E-state index contributed by atoms with van der Waals surface area (Å²) in [5.41, 5.74) is 16.3. The minimum atomic E-state index is -0.545. The first-order valence-corrected chi connectivity index (χ1v) is 22.4. The van der Waals surface area contributed by atoms with Crippen LogP contribution in [0.1, 0.15) is 149 Å². The van der Waals surface area contributed by atoms with Gasteiger partial charge in [-0.3, -0.25) is 4.99 Å². The fourth-order valence-electron chi connectivity index (χ4n) is 10.2. The molecular formula is C57H61N3O2Pt. The number of benzene rings is 5. The minimum absolute atomic E-state index is 0. The smallest absolute Gasteiger partial charge is 0.511 e. The molecule has 2 aliphatic heterocycles. The van der Waals surface area contributed by atoms with Crippen molar-refractivity contribution in [2.75, 3.05) is 4.90 Å². The molecule has 326 valence electrons. The molecule has 2 atom stereocenters. The number of hydrogen-bond donors (Lipinski definition) is 0. The molecule has 0 saturated heterocycles. The van der Waals surface area contributed by atoms with Crippen molar-refractivity contribution in [3.8, 4) is 22.6 Å². The molecule has 0 unspecified atom stereocenters. The van der Waals surface area contributed by atoms with Crippen molar-refractivity contribution in [3.05, 3.63) is 164 Å². The zero-order valence-corrected chi connectivity index (χ0v) is 41.8. The summed E-state index contributed by atoms with van der Waals surface area (Å²) in [6.07, 6.45) is 2.68. The Bertz CT molecular complexity index is 2800. The van der Waals surface area contributed by atoms with Gasteiger partial charge in [0, 0.05) is 40.8 Å². The zero-order valence-electron chi connectivity index (χ0n) is 39.5. The van der Waals surface area contributed by atoms with Gasteiger partial charge in [-0.05, 0) is 107 Å². The Morgan fingerprint density at radius 3 is 2.14 bits per heavy atom. The predicted molar refractivity (Wildman–Crippen MR) is 255 cm³/mol. The molecule has 0 amide bonds. The second kappa shape index (κ2) is 15.6. The predicted octanol–water partition coefficient (Wildman–Crippen LogP) is 14.7. The number of aliphatic imine (C=N–C) groups is 1. The third kappa shape index (κ3) is 7.27. The number of fused-ring (bicyclic) bond motifs is 5. The standard InChI is InChI=1S/C57H61N3O2.Pt/c1-33(2)44-17-15-18-45(34(3)4)51(44)38-27-39(53-59-57(14)47-22-20-36(6)37(7)46(47)32-56(57,13)62-53)29-43(28-38)61-42-26-35(5)25-41(31-42)60-50-23-21-40(54(8,9)10)30-49(50)55(11,12)48-19-16-24-58-52(48)60;/h15-28,30,33-34H,32H2,1-14H3;/q-2;+2/t56-,57+;/m0./s1. The van der Waals surface area contributed by atoms with E-state index in [-0.39, 0.29) is 31.9 Å². The van der Waals surface area contributed by atoms with Crippen LogP contribution in [0.5, 0.6) is 11.5 Å². The number of anilines is 3. The quantitative estimate of drug-likeness (QED) is 0.150. The normalized spacial score (nSPS) is 19.5. The number of hydrogen-bond acceptors (Lipinski definition) is 5.